The summed E-state index contributed by atoms with van der Waals surface area (Å²) in [6, 6.07) is 1.82. The van der Waals surface area contributed by atoms with Crippen molar-refractivity contribution in [1.82, 2.24) is 29.7 Å². The van der Waals surface area contributed by atoms with Crippen molar-refractivity contribution >= 4 is 23.2 Å². The maximum absolute atomic E-state index is 4.36. The number of hydrogen-bond acceptors (Lipinski definition) is 8. The standard InChI is InChI=1S/C12H14N8S/c1-2-13-10-17-11(15-8-9-14-5-7-21-9)19-12(18-10)20-6-3-4-16-20/h3-7H,2,8H2,1H3,(H2,13,15,17,18,19). The molecule has 9 heteroatoms. The molecule has 8 nitrogen and oxygen atoms in total. The van der Waals surface area contributed by atoms with Crippen LogP contribution in [0.2, 0.25) is 0 Å². The summed E-state index contributed by atoms with van der Waals surface area (Å²) in [5.41, 5.74) is 0. The molecule has 2 N–H and O–H groups in total. The molecular weight excluding hydrogens is 288 g/mol. The first-order valence-electron chi connectivity index (χ1n) is 6.47. The highest BCUT2D eigenvalue weighted by molar-refractivity contribution is 7.09. The Morgan fingerprint density at radius 3 is 2.67 bits per heavy atom. The van der Waals surface area contributed by atoms with Gasteiger partial charge in [0.2, 0.25) is 11.9 Å². The summed E-state index contributed by atoms with van der Waals surface area (Å²) in [5, 5.41) is 13.3. The molecule has 21 heavy (non-hydrogen) atoms. The molecule has 3 heterocycles. The summed E-state index contributed by atoms with van der Waals surface area (Å²) in [6.07, 6.45) is 5.24. The van der Waals surface area contributed by atoms with Crippen LogP contribution in [0.4, 0.5) is 11.9 Å². The summed E-state index contributed by atoms with van der Waals surface area (Å²) in [6.45, 7) is 3.29. The summed E-state index contributed by atoms with van der Waals surface area (Å²) in [7, 11) is 0. The lowest BCUT2D eigenvalue weighted by Gasteiger charge is -2.08. The van der Waals surface area contributed by atoms with Crippen LogP contribution in [-0.2, 0) is 6.54 Å². The van der Waals surface area contributed by atoms with Gasteiger partial charge in [0.25, 0.3) is 5.95 Å². The molecule has 108 valence electrons. The van der Waals surface area contributed by atoms with E-state index in [0.29, 0.717) is 24.4 Å². The lowest BCUT2D eigenvalue weighted by molar-refractivity contribution is 0.795. The van der Waals surface area contributed by atoms with E-state index in [4.69, 9.17) is 0 Å². The minimum absolute atomic E-state index is 0.465. The van der Waals surface area contributed by atoms with Crippen LogP contribution in [0.5, 0.6) is 0 Å². The van der Waals surface area contributed by atoms with Crippen molar-refractivity contribution in [3.63, 3.8) is 0 Å². The van der Waals surface area contributed by atoms with Gasteiger partial charge in [-0.05, 0) is 13.0 Å². The fourth-order valence-electron chi connectivity index (χ4n) is 1.67. The first-order valence-corrected chi connectivity index (χ1v) is 7.35. The quantitative estimate of drug-likeness (QED) is 0.713. The Kier molecular flexibility index (Phi) is 4.01. The van der Waals surface area contributed by atoms with Gasteiger partial charge in [0.1, 0.15) is 5.01 Å². The van der Waals surface area contributed by atoms with Gasteiger partial charge in [-0.25, -0.2) is 9.67 Å². The van der Waals surface area contributed by atoms with Crippen molar-refractivity contribution in [1.29, 1.82) is 0 Å². The second-order valence-electron chi connectivity index (χ2n) is 4.04. The lowest BCUT2D eigenvalue weighted by Crippen LogP contribution is -2.12. The van der Waals surface area contributed by atoms with Gasteiger partial charge >= 0.3 is 0 Å². The molecule has 0 saturated heterocycles. The third-order valence-corrected chi connectivity index (χ3v) is 3.33. The molecule has 0 amide bonds. The largest absolute Gasteiger partial charge is 0.354 e. The predicted molar refractivity (Wildman–Crippen MR) is 80.6 cm³/mol. The number of thiazole rings is 1. The Balaban J connectivity index is 1.84. The molecule has 0 fully saturated rings. The van der Waals surface area contributed by atoms with Crippen LogP contribution in [-0.4, -0.2) is 36.3 Å². The maximum atomic E-state index is 4.36. The molecule has 0 aromatic carbocycles. The number of anilines is 2. The van der Waals surface area contributed by atoms with Crippen LogP contribution in [0.1, 0.15) is 11.9 Å². The van der Waals surface area contributed by atoms with Crippen LogP contribution in [0.25, 0.3) is 5.95 Å². The Hall–Kier alpha value is -2.55. The zero-order valence-corrected chi connectivity index (χ0v) is 12.2. The van der Waals surface area contributed by atoms with E-state index < -0.39 is 0 Å². The highest BCUT2D eigenvalue weighted by Crippen LogP contribution is 2.11. The minimum atomic E-state index is 0.465. The van der Waals surface area contributed by atoms with E-state index in [1.165, 1.54) is 0 Å². The number of aromatic nitrogens is 6. The second kappa shape index (κ2) is 6.27. The van der Waals surface area contributed by atoms with Crippen molar-refractivity contribution in [2.24, 2.45) is 0 Å². The third kappa shape index (κ3) is 3.31. The minimum Gasteiger partial charge on any atom is -0.354 e. The number of nitrogens with one attached hydrogen (secondary N) is 2. The van der Waals surface area contributed by atoms with Crippen molar-refractivity contribution < 1.29 is 0 Å². The molecule has 0 aliphatic carbocycles. The Bertz CT molecular complexity index is 679. The molecule has 0 unspecified atom stereocenters. The summed E-state index contributed by atoms with van der Waals surface area (Å²) in [4.78, 5) is 17.2. The number of rotatable bonds is 6. The molecule has 0 aliphatic rings. The molecule has 0 radical (unpaired) electrons. The Morgan fingerprint density at radius 1 is 1.14 bits per heavy atom. The lowest BCUT2D eigenvalue weighted by atomic mass is 10.6. The molecule has 0 bridgehead atoms. The van der Waals surface area contributed by atoms with E-state index in [9.17, 15) is 0 Å². The molecule has 0 aliphatic heterocycles. The molecule has 0 spiro atoms. The van der Waals surface area contributed by atoms with Gasteiger partial charge in [0.15, 0.2) is 0 Å². The molecule has 0 atom stereocenters. The van der Waals surface area contributed by atoms with Gasteiger partial charge in [0, 0.05) is 30.5 Å². The van der Waals surface area contributed by atoms with Gasteiger partial charge in [-0.1, -0.05) is 0 Å². The summed E-state index contributed by atoms with van der Waals surface area (Å²) in [5.74, 6) is 1.47. The van der Waals surface area contributed by atoms with Gasteiger partial charge in [-0.3, -0.25) is 0 Å². The maximum Gasteiger partial charge on any atom is 0.257 e. The Morgan fingerprint density at radius 2 is 2.00 bits per heavy atom. The monoisotopic (exact) mass is 302 g/mol. The first-order chi connectivity index (χ1) is 10.3. The SMILES string of the molecule is CCNc1nc(NCc2nccs2)nc(-n2cccn2)n1. The predicted octanol–water partition coefficient (Wildman–Crippen LogP) is 1.56. The second-order valence-corrected chi connectivity index (χ2v) is 5.02. The summed E-state index contributed by atoms with van der Waals surface area (Å²) < 4.78 is 1.59. The van der Waals surface area contributed by atoms with E-state index in [1.54, 1.807) is 34.6 Å². The highest BCUT2D eigenvalue weighted by Gasteiger charge is 2.08. The van der Waals surface area contributed by atoms with E-state index >= 15 is 0 Å². The summed E-state index contributed by atoms with van der Waals surface area (Å²) >= 11 is 1.58. The smallest absolute Gasteiger partial charge is 0.257 e. The van der Waals surface area contributed by atoms with Gasteiger partial charge < -0.3 is 10.6 Å². The van der Waals surface area contributed by atoms with Crippen molar-refractivity contribution in [2.45, 2.75) is 13.5 Å². The zero-order chi connectivity index (χ0) is 14.5. The Labute approximate surface area is 125 Å². The topological polar surface area (TPSA) is 93.4 Å². The normalized spacial score (nSPS) is 10.5. The van der Waals surface area contributed by atoms with Crippen LogP contribution >= 0.6 is 11.3 Å². The van der Waals surface area contributed by atoms with Crippen LogP contribution in [0.15, 0.2) is 30.0 Å². The van der Waals surface area contributed by atoms with Crippen LogP contribution < -0.4 is 10.6 Å². The van der Waals surface area contributed by atoms with Crippen LogP contribution in [0, 0.1) is 0 Å². The molecule has 3 aromatic heterocycles. The van der Waals surface area contributed by atoms with E-state index in [1.807, 2.05) is 18.4 Å². The van der Waals surface area contributed by atoms with Crippen molar-refractivity contribution in [3.8, 4) is 5.95 Å². The number of nitrogens with zero attached hydrogens (tertiary/aromatic N) is 6. The van der Waals surface area contributed by atoms with E-state index in [2.05, 4.69) is 35.7 Å². The molecule has 3 rings (SSSR count). The molecular formula is C12H14N8S. The van der Waals surface area contributed by atoms with Crippen molar-refractivity contribution in [3.05, 3.63) is 35.0 Å². The average Bonchev–Trinajstić information content (AvgIpc) is 3.19. The zero-order valence-electron chi connectivity index (χ0n) is 11.4. The van der Waals surface area contributed by atoms with E-state index in [-0.39, 0.29) is 0 Å². The van der Waals surface area contributed by atoms with E-state index in [0.717, 1.165) is 11.6 Å². The average molecular weight is 302 g/mol. The molecule has 3 aromatic rings. The fourth-order valence-corrected chi connectivity index (χ4v) is 2.22. The molecule has 0 saturated carbocycles. The highest BCUT2D eigenvalue weighted by atomic mass is 32.1. The van der Waals surface area contributed by atoms with Gasteiger partial charge in [0.05, 0.1) is 6.54 Å². The van der Waals surface area contributed by atoms with Gasteiger partial charge in [-0.15, -0.1) is 11.3 Å². The first kappa shape index (κ1) is 13.4. The fraction of sp³-hybridized carbons (Fsp3) is 0.250. The van der Waals surface area contributed by atoms with Crippen molar-refractivity contribution in [2.75, 3.05) is 17.2 Å². The van der Waals surface area contributed by atoms with Crippen LogP contribution in [0.3, 0.4) is 0 Å². The number of hydrogen-bond donors (Lipinski definition) is 2. The van der Waals surface area contributed by atoms with Gasteiger partial charge in [-0.2, -0.15) is 20.1 Å². The third-order valence-electron chi connectivity index (χ3n) is 2.55.